The van der Waals surface area contributed by atoms with Gasteiger partial charge in [-0.15, -0.1) is 0 Å². The Bertz CT molecular complexity index is 258. The number of carbonyl (C=O) groups is 1. The predicted molar refractivity (Wildman–Crippen MR) is 62.5 cm³/mol. The number of rotatable bonds is 3. The summed E-state index contributed by atoms with van der Waals surface area (Å²) in [4.78, 5) is 11.5. The Balaban J connectivity index is 1.81. The molecule has 0 aromatic rings. The third kappa shape index (κ3) is 3.42. The van der Waals surface area contributed by atoms with E-state index in [2.05, 4.69) is 0 Å². The molecule has 0 aromatic heterocycles. The Morgan fingerprint density at radius 2 is 2.06 bits per heavy atom. The fourth-order valence-corrected chi connectivity index (χ4v) is 2.80. The third-order valence-corrected chi connectivity index (χ3v) is 3.68. The highest BCUT2D eigenvalue weighted by molar-refractivity contribution is 5.69. The van der Waals surface area contributed by atoms with Crippen LogP contribution < -0.4 is 0 Å². The summed E-state index contributed by atoms with van der Waals surface area (Å²) in [5.41, 5.74) is 0. The van der Waals surface area contributed by atoms with Crippen LogP contribution in [0.2, 0.25) is 0 Å². The van der Waals surface area contributed by atoms with Gasteiger partial charge in [-0.2, -0.15) is 0 Å². The monoisotopic (exact) mass is 242 g/mol. The van der Waals surface area contributed by atoms with E-state index in [1.165, 1.54) is 0 Å². The van der Waals surface area contributed by atoms with Crippen molar-refractivity contribution in [2.45, 2.75) is 51.2 Å². The summed E-state index contributed by atoms with van der Waals surface area (Å²) in [5, 5.41) is 0. The van der Waals surface area contributed by atoms with Gasteiger partial charge in [-0.1, -0.05) is 0 Å². The van der Waals surface area contributed by atoms with Gasteiger partial charge in [-0.3, -0.25) is 4.79 Å². The second kappa shape index (κ2) is 5.83. The Hall–Kier alpha value is -0.610. The van der Waals surface area contributed by atoms with Gasteiger partial charge < -0.3 is 14.2 Å². The average molecular weight is 242 g/mol. The zero-order chi connectivity index (χ0) is 12.1. The lowest BCUT2D eigenvalue weighted by molar-refractivity contribution is -0.166. The quantitative estimate of drug-likeness (QED) is 0.712. The normalized spacial score (nSPS) is 27.9. The molecule has 1 atom stereocenters. The van der Waals surface area contributed by atoms with Crippen molar-refractivity contribution in [1.29, 1.82) is 0 Å². The summed E-state index contributed by atoms with van der Waals surface area (Å²) in [7, 11) is 0. The lowest BCUT2D eigenvalue weighted by atomic mass is 9.96. The van der Waals surface area contributed by atoms with Crippen LogP contribution >= 0.6 is 0 Å². The van der Waals surface area contributed by atoms with E-state index < -0.39 is 0 Å². The number of esters is 1. The summed E-state index contributed by atoms with van der Waals surface area (Å²) in [6, 6.07) is 0. The molecular weight excluding hydrogens is 220 g/mol. The first-order chi connectivity index (χ1) is 8.24. The molecule has 17 heavy (non-hydrogen) atoms. The van der Waals surface area contributed by atoms with Crippen LogP contribution in [0.4, 0.5) is 0 Å². The van der Waals surface area contributed by atoms with E-state index in [0.29, 0.717) is 32.2 Å². The highest BCUT2D eigenvalue weighted by atomic mass is 16.7. The van der Waals surface area contributed by atoms with Crippen molar-refractivity contribution in [1.82, 2.24) is 0 Å². The summed E-state index contributed by atoms with van der Waals surface area (Å²) >= 11 is 0. The van der Waals surface area contributed by atoms with Gasteiger partial charge in [-0.05, 0) is 32.1 Å². The summed E-state index contributed by atoms with van der Waals surface area (Å²) in [5.74, 6) is 0.0339. The van der Waals surface area contributed by atoms with E-state index >= 15 is 0 Å². The largest absolute Gasteiger partial charge is 0.466 e. The van der Waals surface area contributed by atoms with E-state index in [4.69, 9.17) is 14.2 Å². The van der Waals surface area contributed by atoms with E-state index in [0.717, 1.165) is 32.1 Å². The molecule has 0 N–H and O–H groups in total. The molecule has 2 rings (SSSR count). The van der Waals surface area contributed by atoms with Gasteiger partial charge in [-0.25, -0.2) is 0 Å². The van der Waals surface area contributed by atoms with Gasteiger partial charge in [0, 0.05) is 19.3 Å². The molecule has 0 radical (unpaired) electrons. The molecule has 2 fully saturated rings. The SMILES string of the molecule is CCOC(=O)CC1CCCC2(CC1)OCCO2. The molecule has 0 aromatic carbocycles. The van der Waals surface area contributed by atoms with Gasteiger partial charge in [0.2, 0.25) is 0 Å². The van der Waals surface area contributed by atoms with E-state index in [1.807, 2.05) is 6.92 Å². The first-order valence-electron chi connectivity index (χ1n) is 6.68. The predicted octanol–water partition coefficient (Wildman–Crippen LogP) is 2.26. The van der Waals surface area contributed by atoms with E-state index in [-0.39, 0.29) is 11.8 Å². The van der Waals surface area contributed by atoms with Crippen LogP contribution in [-0.4, -0.2) is 31.6 Å². The second-order valence-electron chi connectivity index (χ2n) is 4.91. The summed E-state index contributed by atoms with van der Waals surface area (Å²) in [6.45, 7) is 3.74. The Morgan fingerprint density at radius 1 is 1.29 bits per heavy atom. The minimum atomic E-state index is -0.330. The van der Waals surface area contributed by atoms with E-state index in [1.54, 1.807) is 0 Å². The molecule has 0 amide bonds. The first-order valence-corrected chi connectivity index (χ1v) is 6.68. The first kappa shape index (κ1) is 12.8. The van der Waals surface area contributed by atoms with Crippen LogP contribution in [0.15, 0.2) is 0 Å². The second-order valence-corrected chi connectivity index (χ2v) is 4.91. The summed E-state index contributed by atoms with van der Waals surface area (Å²) in [6.07, 6.45) is 5.57. The molecule has 2 aliphatic rings. The van der Waals surface area contributed by atoms with Crippen molar-refractivity contribution in [3.8, 4) is 0 Å². The maximum absolute atomic E-state index is 11.5. The van der Waals surface area contributed by atoms with Crippen LogP contribution in [-0.2, 0) is 19.0 Å². The number of carbonyl (C=O) groups excluding carboxylic acids is 1. The van der Waals surface area contributed by atoms with Crippen LogP contribution in [0.3, 0.4) is 0 Å². The molecule has 4 nitrogen and oxygen atoms in total. The molecular formula is C13H22O4. The zero-order valence-corrected chi connectivity index (χ0v) is 10.6. The smallest absolute Gasteiger partial charge is 0.306 e. The van der Waals surface area contributed by atoms with Crippen molar-refractivity contribution in [3.05, 3.63) is 0 Å². The third-order valence-electron chi connectivity index (χ3n) is 3.68. The summed E-state index contributed by atoms with van der Waals surface area (Å²) < 4.78 is 16.4. The van der Waals surface area contributed by atoms with Gasteiger partial charge in [0.15, 0.2) is 5.79 Å². The maximum Gasteiger partial charge on any atom is 0.306 e. The van der Waals surface area contributed by atoms with Crippen LogP contribution in [0.25, 0.3) is 0 Å². The topological polar surface area (TPSA) is 44.8 Å². The number of hydrogen-bond acceptors (Lipinski definition) is 4. The van der Waals surface area contributed by atoms with Gasteiger partial charge in [0.1, 0.15) is 0 Å². The van der Waals surface area contributed by atoms with Crippen LogP contribution in [0, 0.1) is 5.92 Å². The fraction of sp³-hybridized carbons (Fsp3) is 0.923. The molecule has 1 heterocycles. The Morgan fingerprint density at radius 3 is 2.76 bits per heavy atom. The van der Waals surface area contributed by atoms with Crippen molar-refractivity contribution >= 4 is 5.97 Å². The lowest BCUT2D eigenvalue weighted by Crippen LogP contribution is -2.29. The van der Waals surface area contributed by atoms with Crippen molar-refractivity contribution in [2.24, 2.45) is 5.92 Å². The molecule has 1 spiro atoms. The van der Waals surface area contributed by atoms with Crippen molar-refractivity contribution < 1.29 is 19.0 Å². The lowest BCUT2D eigenvalue weighted by Gasteiger charge is -2.25. The molecule has 1 saturated carbocycles. The zero-order valence-electron chi connectivity index (χ0n) is 10.6. The van der Waals surface area contributed by atoms with Gasteiger partial charge >= 0.3 is 5.97 Å². The maximum atomic E-state index is 11.5. The van der Waals surface area contributed by atoms with Gasteiger partial charge in [0.05, 0.1) is 19.8 Å². The molecule has 98 valence electrons. The minimum Gasteiger partial charge on any atom is -0.466 e. The van der Waals surface area contributed by atoms with Crippen molar-refractivity contribution in [2.75, 3.05) is 19.8 Å². The van der Waals surface area contributed by atoms with Crippen molar-refractivity contribution in [3.63, 3.8) is 0 Å². The molecule has 1 saturated heterocycles. The molecule has 1 aliphatic heterocycles. The molecule has 0 bridgehead atoms. The number of ether oxygens (including phenoxy) is 3. The molecule has 1 unspecified atom stereocenters. The average Bonchev–Trinajstić information content (AvgIpc) is 2.66. The van der Waals surface area contributed by atoms with E-state index in [9.17, 15) is 4.79 Å². The Kier molecular flexibility index (Phi) is 4.40. The Labute approximate surface area is 103 Å². The highest BCUT2D eigenvalue weighted by Crippen LogP contribution is 2.37. The van der Waals surface area contributed by atoms with Crippen LogP contribution in [0.1, 0.15) is 45.4 Å². The highest BCUT2D eigenvalue weighted by Gasteiger charge is 2.38. The minimum absolute atomic E-state index is 0.0679. The number of hydrogen-bond donors (Lipinski definition) is 0. The molecule has 1 aliphatic carbocycles. The molecule has 4 heteroatoms. The van der Waals surface area contributed by atoms with Crippen LogP contribution in [0.5, 0.6) is 0 Å². The fourth-order valence-electron chi connectivity index (χ4n) is 2.80. The standard InChI is InChI=1S/C13H22O4/c1-2-15-12(14)10-11-4-3-6-13(7-5-11)16-8-9-17-13/h11H,2-10H2,1H3. The van der Waals surface area contributed by atoms with Gasteiger partial charge in [0.25, 0.3) is 0 Å².